The van der Waals surface area contributed by atoms with Crippen LogP contribution < -0.4 is 5.43 Å². The Hall–Kier alpha value is -2.77. The van der Waals surface area contributed by atoms with E-state index in [9.17, 15) is 23.7 Å². The fourth-order valence-electron chi connectivity index (χ4n) is 1.44. The molecule has 19 heavy (non-hydrogen) atoms. The van der Waals surface area contributed by atoms with Gasteiger partial charge in [0.2, 0.25) is 5.82 Å². The van der Waals surface area contributed by atoms with Crippen molar-refractivity contribution in [1.82, 2.24) is 4.68 Å². The zero-order valence-electron chi connectivity index (χ0n) is 9.34. The third-order valence-corrected chi connectivity index (χ3v) is 2.31. The molecule has 1 aromatic carbocycles. The fourth-order valence-corrected chi connectivity index (χ4v) is 1.44. The molecule has 0 aliphatic rings. The smallest absolute Gasteiger partial charge is 0.268 e. The molecule has 2 aromatic rings. The van der Waals surface area contributed by atoms with Crippen LogP contribution in [0.5, 0.6) is 0 Å². The van der Waals surface area contributed by atoms with E-state index in [4.69, 9.17) is 0 Å². The van der Waals surface area contributed by atoms with Gasteiger partial charge in [-0.3, -0.25) is 25.0 Å². The van der Waals surface area contributed by atoms with Crippen LogP contribution in [0.2, 0.25) is 0 Å². The molecular weight excluding hydrogens is 260 g/mol. The Morgan fingerprint density at radius 3 is 2.42 bits per heavy atom. The molecular formula is C11H7F2N3O3. The van der Waals surface area contributed by atoms with Crippen molar-refractivity contribution in [1.29, 1.82) is 0 Å². The number of halogens is 2. The maximum absolute atomic E-state index is 13.5. The van der Waals surface area contributed by atoms with E-state index in [-0.39, 0.29) is 0 Å². The number of carbonyl (C=O) groups is 1. The quantitative estimate of drug-likeness (QED) is 0.683. The first-order chi connectivity index (χ1) is 8.99. The molecule has 1 aromatic heterocycles. The zero-order valence-corrected chi connectivity index (χ0v) is 9.34. The van der Waals surface area contributed by atoms with Gasteiger partial charge in [0, 0.05) is 12.4 Å². The highest BCUT2D eigenvalue weighted by molar-refractivity contribution is 6.00. The van der Waals surface area contributed by atoms with Crippen molar-refractivity contribution in [3.05, 3.63) is 64.0 Å². The average molecular weight is 267 g/mol. The largest absolute Gasteiger partial charge is 0.307 e. The molecule has 0 aliphatic heterocycles. The number of rotatable bonds is 3. The Kier molecular flexibility index (Phi) is 3.23. The predicted molar refractivity (Wildman–Crippen MR) is 61.1 cm³/mol. The van der Waals surface area contributed by atoms with Gasteiger partial charge < -0.3 is 0 Å². The number of hydrogen-bond acceptors (Lipinski definition) is 3. The fraction of sp³-hybridized carbons (Fsp3) is 0. The van der Waals surface area contributed by atoms with Crippen molar-refractivity contribution in [2.45, 2.75) is 0 Å². The first kappa shape index (κ1) is 12.7. The Balaban J connectivity index is 2.32. The SMILES string of the molecule is O=C(Nn1cccc1)c1cc(F)c([N+](=O)[O-])cc1F. The van der Waals surface area contributed by atoms with Gasteiger partial charge >= 0.3 is 5.69 Å². The van der Waals surface area contributed by atoms with Crippen LogP contribution in [-0.2, 0) is 0 Å². The molecule has 6 nitrogen and oxygen atoms in total. The highest BCUT2D eigenvalue weighted by Crippen LogP contribution is 2.21. The lowest BCUT2D eigenvalue weighted by atomic mass is 10.1. The second-order valence-corrected chi connectivity index (χ2v) is 3.57. The monoisotopic (exact) mass is 267 g/mol. The number of carbonyl (C=O) groups excluding carboxylic acids is 1. The minimum atomic E-state index is -1.27. The lowest BCUT2D eigenvalue weighted by Gasteiger charge is -2.07. The Labute approximate surface area is 105 Å². The van der Waals surface area contributed by atoms with E-state index >= 15 is 0 Å². The standard InChI is InChI=1S/C11H7F2N3O3/c12-8-6-10(16(18)19)9(13)5-7(8)11(17)14-15-3-1-2-4-15/h1-6H,(H,14,17). The molecule has 0 aliphatic carbocycles. The summed E-state index contributed by atoms with van der Waals surface area (Å²) in [4.78, 5) is 21.0. The van der Waals surface area contributed by atoms with Crippen LogP contribution >= 0.6 is 0 Å². The molecule has 8 heteroatoms. The number of benzene rings is 1. The van der Waals surface area contributed by atoms with E-state index in [1.807, 2.05) is 0 Å². The van der Waals surface area contributed by atoms with Gasteiger partial charge in [-0.25, -0.2) is 4.39 Å². The van der Waals surface area contributed by atoms with Crippen molar-refractivity contribution in [3.63, 3.8) is 0 Å². The molecule has 0 fully saturated rings. The number of amides is 1. The number of aromatic nitrogens is 1. The Morgan fingerprint density at radius 2 is 1.84 bits per heavy atom. The first-order valence-corrected chi connectivity index (χ1v) is 5.07. The second-order valence-electron chi connectivity index (χ2n) is 3.57. The van der Waals surface area contributed by atoms with Crippen LogP contribution in [0, 0.1) is 21.7 Å². The Bertz CT molecular complexity index is 641. The summed E-state index contributed by atoms with van der Waals surface area (Å²) in [5.41, 5.74) is 0.624. The van der Waals surface area contributed by atoms with Gasteiger partial charge in [0.05, 0.1) is 16.6 Å². The van der Waals surface area contributed by atoms with Crippen molar-refractivity contribution < 1.29 is 18.5 Å². The normalized spacial score (nSPS) is 10.2. The lowest BCUT2D eigenvalue weighted by Crippen LogP contribution is -2.22. The van der Waals surface area contributed by atoms with Crippen molar-refractivity contribution in [3.8, 4) is 0 Å². The van der Waals surface area contributed by atoms with Gasteiger partial charge in [0.1, 0.15) is 5.82 Å². The molecule has 98 valence electrons. The predicted octanol–water partition coefficient (Wildman–Crippen LogP) is 2.06. The molecule has 0 spiro atoms. The van der Waals surface area contributed by atoms with Crippen molar-refractivity contribution >= 4 is 11.6 Å². The van der Waals surface area contributed by atoms with Gasteiger partial charge in [-0.05, 0) is 18.2 Å². The summed E-state index contributed by atoms with van der Waals surface area (Å²) in [6, 6.07) is 4.10. The highest BCUT2D eigenvalue weighted by Gasteiger charge is 2.22. The van der Waals surface area contributed by atoms with E-state index in [2.05, 4.69) is 5.43 Å². The van der Waals surface area contributed by atoms with E-state index < -0.39 is 33.7 Å². The maximum Gasteiger partial charge on any atom is 0.307 e. The van der Waals surface area contributed by atoms with Gasteiger partial charge in [-0.15, -0.1) is 0 Å². The van der Waals surface area contributed by atoms with Gasteiger partial charge in [-0.1, -0.05) is 0 Å². The van der Waals surface area contributed by atoms with Crippen LogP contribution in [0.25, 0.3) is 0 Å². The molecule has 0 atom stereocenters. The summed E-state index contributed by atoms with van der Waals surface area (Å²) in [6.07, 6.45) is 2.97. The van der Waals surface area contributed by atoms with E-state index in [0.717, 1.165) is 0 Å². The number of nitro groups is 1. The molecule has 0 saturated carbocycles. The zero-order chi connectivity index (χ0) is 14.0. The number of hydrogen-bond donors (Lipinski definition) is 1. The molecule has 0 radical (unpaired) electrons. The van der Waals surface area contributed by atoms with E-state index in [1.165, 1.54) is 17.1 Å². The number of nitrogens with zero attached hydrogens (tertiary/aromatic N) is 2. The summed E-state index contributed by atoms with van der Waals surface area (Å²) >= 11 is 0. The average Bonchev–Trinajstić information content (AvgIpc) is 2.83. The number of nitro benzene ring substituents is 1. The van der Waals surface area contributed by atoms with Gasteiger partial charge in [0.15, 0.2) is 0 Å². The summed E-state index contributed by atoms with van der Waals surface area (Å²) in [6.45, 7) is 0. The molecule has 1 heterocycles. The minimum absolute atomic E-state index is 0.375. The molecule has 1 amide bonds. The van der Waals surface area contributed by atoms with Crippen LogP contribution in [0.1, 0.15) is 10.4 Å². The first-order valence-electron chi connectivity index (χ1n) is 5.07. The van der Waals surface area contributed by atoms with Crippen LogP contribution in [-0.4, -0.2) is 15.5 Å². The molecule has 0 saturated heterocycles. The van der Waals surface area contributed by atoms with Crippen LogP contribution in [0.4, 0.5) is 14.5 Å². The maximum atomic E-state index is 13.5. The summed E-state index contributed by atoms with van der Waals surface area (Å²) in [5.74, 6) is -3.36. The molecule has 2 rings (SSSR count). The van der Waals surface area contributed by atoms with Gasteiger partial charge in [0.25, 0.3) is 5.91 Å². The van der Waals surface area contributed by atoms with E-state index in [1.54, 1.807) is 12.1 Å². The molecule has 0 unspecified atom stereocenters. The Morgan fingerprint density at radius 1 is 1.21 bits per heavy atom. The number of nitrogens with one attached hydrogen (secondary N) is 1. The highest BCUT2D eigenvalue weighted by atomic mass is 19.1. The van der Waals surface area contributed by atoms with Gasteiger partial charge in [-0.2, -0.15) is 4.39 Å². The van der Waals surface area contributed by atoms with Crippen molar-refractivity contribution in [2.24, 2.45) is 0 Å². The third kappa shape index (κ3) is 2.57. The van der Waals surface area contributed by atoms with Crippen LogP contribution in [0.3, 0.4) is 0 Å². The molecule has 1 N–H and O–H groups in total. The van der Waals surface area contributed by atoms with E-state index in [0.29, 0.717) is 12.1 Å². The summed E-state index contributed by atoms with van der Waals surface area (Å²) < 4.78 is 28.1. The topological polar surface area (TPSA) is 77.2 Å². The third-order valence-electron chi connectivity index (χ3n) is 2.31. The summed E-state index contributed by atoms with van der Waals surface area (Å²) in [5, 5.41) is 10.4. The lowest BCUT2D eigenvalue weighted by molar-refractivity contribution is -0.387. The second kappa shape index (κ2) is 4.84. The molecule has 0 bridgehead atoms. The minimum Gasteiger partial charge on any atom is -0.268 e. The van der Waals surface area contributed by atoms with Crippen LogP contribution in [0.15, 0.2) is 36.7 Å². The summed E-state index contributed by atoms with van der Waals surface area (Å²) in [7, 11) is 0. The van der Waals surface area contributed by atoms with Crippen molar-refractivity contribution in [2.75, 3.05) is 5.43 Å².